The number of nitrogens with one attached hydrogen (secondary N) is 1. The fraction of sp³-hybridized carbons (Fsp3) is 0.294. The van der Waals surface area contributed by atoms with Gasteiger partial charge in [-0.1, -0.05) is 6.07 Å². The molecule has 0 saturated carbocycles. The Morgan fingerprint density at radius 3 is 2.21 bits per heavy atom. The lowest BCUT2D eigenvalue weighted by Crippen LogP contribution is -2.35. The van der Waals surface area contributed by atoms with E-state index in [1.165, 1.54) is 12.1 Å². The van der Waals surface area contributed by atoms with E-state index in [4.69, 9.17) is 0 Å². The molecule has 3 rings (SSSR count). The SMILES string of the molecule is CS(=O)(=O)Nc1cccc2c1CCCN2S(=O)(=O)c1ccc(C(F)(F)F)cc1. The zero-order valence-corrected chi connectivity index (χ0v) is 16.3. The van der Waals surface area contributed by atoms with Crippen LogP contribution in [0.15, 0.2) is 47.4 Å². The van der Waals surface area contributed by atoms with Crippen molar-refractivity contribution in [2.24, 2.45) is 0 Å². The molecule has 6 nitrogen and oxygen atoms in total. The van der Waals surface area contributed by atoms with Crippen molar-refractivity contribution in [2.75, 3.05) is 21.8 Å². The van der Waals surface area contributed by atoms with Crippen LogP contribution in [0, 0.1) is 0 Å². The largest absolute Gasteiger partial charge is 0.416 e. The second kappa shape index (κ2) is 6.96. The number of alkyl halides is 3. The molecule has 1 aliphatic heterocycles. The molecule has 0 saturated heterocycles. The third-order valence-electron chi connectivity index (χ3n) is 4.27. The fourth-order valence-corrected chi connectivity index (χ4v) is 5.20. The minimum atomic E-state index is -4.56. The Labute approximate surface area is 161 Å². The Balaban J connectivity index is 2.03. The number of fused-ring (bicyclic) bond motifs is 1. The zero-order valence-electron chi connectivity index (χ0n) is 14.7. The minimum absolute atomic E-state index is 0.138. The van der Waals surface area contributed by atoms with E-state index in [0.29, 0.717) is 24.1 Å². The average Bonchev–Trinajstić information content (AvgIpc) is 2.59. The number of hydrogen-bond donors (Lipinski definition) is 1. The molecule has 1 aliphatic rings. The van der Waals surface area contributed by atoms with E-state index < -0.39 is 31.8 Å². The highest BCUT2D eigenvalue weighted by atomic mass is 32.2. The van der Waals surface area contributed by atoms with Gasteiger partial charge in [0.2, 0.25) is 10.0 Å². The zero-order chi connectivity index (χ0) is 20.7. The number of halogens is 3. The molecule has 0 bridgehead atoms. The van der Waals surface area contributed by atoms with Crippen LogP contribution < -0.4 is 9.03 Å². The molecule has 28 heavy (non-hydrogen) atoms. The summed E-state index contributed by atoms with van der Waals surface area (Å²) in [5.74, 6) is 0. The maximum atomic E-state index is 13.0. The quantitative estimate of drug-likeness (QED) is 0.801. The van der Waals surface area contributed by atoms with Crippen molar-refractivity contribution in [3.05, 3.63) is 53.6 Å². The number of nitrogens with zero attached hydrogens (tertiary/aromatic N) is 1. The highest BCUT2D eigenvalue weighted by Crippen LogP contribution is 2.37. The van der Waals surface area contributed by atoms with Gasteiger partial charge in [-0.25, -0.2) is 16.8 Å². The van der Waals surface area contributed by atoms with Crippen LogP contribution in [-0.4, -0.2) is 29.6 Å². The average molecular weight is 434 g/mol. The summed E-state index contributed by atoms with van der Waals surface area (Å²) in [4.78, 5) is -0.269. The minimum Gasteiger partial charge on any atom is -0.283 e. The number of anilines is 2. The first-order chi connectivity index (χ1) is 12.9. The molecule has 152 valence electrons. The Morgan fingerprint density at radius 2 is 1.64 bits per heavy atom. The fourth-order valence-electron chi connectivity index (χ4n) is 3.08. The second-order valence-corrected chi connectivity index (χ2v) is 9.99. The van der Waals surface area contributed by atoms with E-state index in [9.17, 15) is 30.0 Å². The molecule has 1 N–H and O–H groups in total. The molecule has 2 aromatic carbocycles. The van der Waals surface area contributed by atoms with Gasteiger partial charge in [0.05, 0.1) is 28.1 Å². The van der Waals surface area contributed by atoms with Gasteiger partial charge in [-0.05, 0) is 49.2 Å². The van der Waals surface area contributed by atoms with Gasteiger partial charge in [0.15, 0.2) is 0 Å². The van der Waals surface area contributed by atoms with Crippen molar-refractivity contribution >= 4 is 31.4 Å². The Morgan fingerprint density at radius 1 is 1.00 bits per heavy atom. The lowest BCUT2D eigenvalue weighted by Gasteiger charge is -2.31. The number of hydrogen-bond acceptors (Lipinski definition) is 4. The van der Waals surface area contributed by atoms with Crippen LogP contribution in [0.25, 0.3) is 0 Å². The molecular formula is C17H17F3N2O4S2. The van der Waals surface area contributed by atoms with Gasteiger partial charge in [0.25, 0.3) is 10.0 Å². The van der Waals surface area contributed by atoms with Crippen molar-refractivity contribution in [2.45, 2.75) is 23.9 Å². The summed E-state index contributed by atoms with van der Waals surface area (Å²) in [6, 6.07) is 7.89. The molecule has 0 unspecified atom stereocenters. The van der Waals surface area contributed by atoms with E-state index >= 15 is 0 Å². The van der Waals surface area contributed by atoms with Crippen LogP contribution in [0.4, 0.5) is 24.5 Å². The van der Waals surface area contributed by atoms with E-state index in [-0.39, 0.29) is 17.1 Å². The van der Waals surface area contributed by atoms with Crippen LogP contribution in [0.5, 0.6) is 0 Å². The van der Waals surface area contributed by atoms with Crippen molar-refractivity contribution in [1.82, 2.24) is 0 Å². The molecule has 11 heteroatoms. The molecule has 2 aromatic rings. The highest BCUT2D eigenvalue weighted by molar-refractivity contribution is 7.93. The van der Waals surface area contributed by atoms with Gasteiger partial charge >= 0.3 is 6.18 Å². The Bertz CT molecular complexity index is 1100. The topological polar surface area (TPSA) is 83.6 Å². The van der Waals surface area contributed by atoms with E-state index in [2.05, 4.69) is 4.72 Å². The maximum Gasteiger partial charge on any atom is 0.416 e. The summed E-state index contributed by atoms with van der Waals surface area (Å²) in [7, 11) is -7.67. The monoisotopic (exact) mass is 434 g/mol. The van der Waals surface area contributed by atoms with E-state index in [1.54, 1.807) is 6.07 Å². The summed E-state index contributed by atoms with van der Waals surface area (Å²) >= 11 is 0. The summed E-state index contributed by atoms with van der Waals surface area (Å²) in [6.45, 7) is 0.138. The molecular weight excluding hydrogens is 417 g/mol. The van der Waals surface area contributed by atoms with E-state index in [0.717, 1.165) is 34.8 Å². The van der Waals surface area contributed by atoms with Crippen LogP contribution in [-0.2, 0) is 32.6 Å². The first kappa shape index (κ1) is 20.5. The normalized spacial score (nSPS) is 15.2. The molecule has 0 atom stereocenters. The smallest absolute Gasteiger partial charge is 0.283 e. The number of sulfonamides is 2. The molecule has 0 spiro atoms. The predicted molar refractivity (Wildman–Crippen MR) is 99.2 cm³/mol. The summed E-state index contributed by atoms with van der Waals surface area (Å²) in [5.41, 5.74) is 0.173. The predicted octanol–water partition coefficient (Wildman–Crippen LogP) is 3.22. The van der Waals surface area contributed by atoms with Crippen molar-refractivity contribution in [3.8, 4) is 0 Å². The van der Waals surface area contributed by atoms with Crippen LogP contribution in [0.2, 0.25) is 0 Å². The first-order valence-corrected chi connectivity index (χ1v) is 11.5. The van der Waals surface area contributed by atoms with Crippen molar-refractivity contribution in [3.63, 3.8) is 0 Å². The standard InChI is InChI=1S/C17H17F3N2O4S2/c1-27(23,24)21-15-5-2-6-16-14(15)4-3-11-22(16)28(25,26)13-9-7-12(8-10-13)17(18,19)20/h2,5-10,21H,3-4,11H2,1H3. The highest BCUT2D eigenvalue weighted by Gasteiger charge is 2.33. The molecule has 1 heterocycles. The van der Waals surface area contributed by atoms with Crippen LogP contribution in [0.1, 0.15) is 17.5 Å². The second-order valence-electron chi connectivity index (χ2n) is 6.38. The van der Waals surface area contributed by atoms with Crippen molar-refractivity contribution < 1.29 is 30.0 Å². The third kappa shape index (κ3) is 4.09. The summed E-state index contributed by atoms with van der Waals surface area (Å²) in [6.07, 6.45) is -2.67. The molecule has 0 fully saturated rings. The van der Waals surface area contributed by atoms with Gasteiger partial charge in [0.1, 0.15) is 0 Å². The molecule has 0 radical (unpaired) electrons. The molecule has 0 aromatic heterocycles. The molecule has 0 aliphatic carbocycles. The van der Waals surface area contributed by atoms with Gasteiger partial charge in [0, 0.05) is 12.1 Å². The van der Waals surface area contributed by atoms with Gasteiger partial charge in [-0.2, -0.15) is 13.2 Å². The Hall–Kier alpha value is -2.27. The van der Waals surface area contributed by atoms with Gasteiger partial charge in [-0.3, -0.25) is 9.03 Å². The van der Waals surface area contributed by atoms with Crippen LogP contribution in [0.3, 0.4) is 0 Å². The number of benzene rings is 2. The van der Waals surface area contributed by atoms with Crippen LogP contribution >= 0.6 is 0 Å². The van der Waals surface area contributed by atoms with Crippen molar-refractivity contribution in [1.29, 1.82) is 0 Å². The summed E-state index contributed by atoms with van der Waals surface area (Å²) < 4.78 is 90.8. The molecule has 0 amide bonds. The maximum absolute atomic E-state index is 13.0. The summed E-state index contributed by atoms with van der Waals surface area (Å²) in [5, 5.41) is 0. The van der Waals surface area contributed by atoms with E-state index in [1.807, 2.05) is 0 Å². The number of rotatable bonds is 4. The van der Waals surface area contributed by atoms with Gasteiger partial charge < -0.3 is 0 Å². The lowest BCUT2D eigenvalue weighted by atomic mass is 10.0. The lowest BCUT2D eigenvalue weighted by molar-refractivity contribution is -0.137. The third-order valence-corrected chi connectivity index (χ3v) is 6.69. The Kier molecular flexibility index (Phi) is 5.09. The first-order valence-electron chi connectivity index (χ1n) is 8.19. The van der Waals surface area contributed by atoms with Gasteiger partial charge in [-0.15, -0.1) is 0 Å².